The molecule has 0 aliphatic rings. The zero-order chi connectivity index (χ0) is 9.84. The Morgan fingerprint density at radius 3 is 2.85 bits per heavy atom. The normalized spacial score (nSPS) is 9.31. The van der Waals surface area contributed by atoms with Crippen LogP contribution in [0.15, 0.2) is 0 Å². The second-order valence-corrected chi connectivity index (χ2v) is 3.75. The number of nitrogens with zero attached hydrogens (tertiary/aromatic N) is 1. The van der Waals surface area contributed by atoms with Crippen LogP contribution in [0.5, 0.6) is 0 Å². The average Bonchev–Trinajstić information content (AvgIpc) is 2.43. The maximum absolute atomic E-state index is 11.3. The molecule has 0 aliphatic heterocycles. The van der Waals surface area contributed by atoms with Crippen molar-refractivity contribution in [2.45, 2.75) is 13.8 Å². The predicted octanol–water partition coefficient (Wildman–Crippen LogP) is 1.12. The third-order valence-corrected chi connectivity index (χ3v) is 2.65. The molecule has 4 heteroatoms. The molecule has 1 heterocycles. The van der Waals surface area contributed by atoms with Crippen LogP contribution in [0.3, 0.4) is 0 Å². The fourth-order valence-electron chi connectivity index (χ4n) is 0.777. The summed E-state index contributed by atoms with van der Waals surface area (Å²) >= 11 is 1.38. The van der Waals surface area contributed by atoms with E-state index in [0.29, 0.717) is 5.01 Å². The van der Waals surface area contributed by atoms with Crippen molar-refractivity contribution >= 4 is 17.2 Å². The first-order valence-electron chi connectivity index (χ1n) is 3.81. The number of hydrogen-bond acceptors (Lipinski definition) is 3. The van der Waals surface area contributed by atoms with Crippen molar-refractivity contribution < 1.29 is 4.79 Å². The van der Waals surface area contributed by atoms with E-state index in [1.54, 1.807) is 0 Å². The number of hydrogen-bond donors (Lipinski definition) is 1. The highest BCUT2D eigenvalue weighted by Gasteiger charge is 2.10. The molecular formula is C9H10N2OS. The molecule has 0 aliphatic carbocycles. The van der Waals surface area contributed by atoms with Crippen LogP contribution in [0.25, 0.3) is 0 Å². The van der Waals surface area contributed by atoms with Gasteiger partial charge in [-0.1, -0.05) is 5.92 Å². The molecular weight excluding hydrogens is 184 g/mol. The summed E-state index contributed by atoms with van der Waals surface area (Å²) in [5.74, 6) is 2.14. The summed E-state index contributed by atoms with van der Waals surface area (Å²) in [6, 6.07) is 0. The highest BCUT2D eigenvalue weighted by Crippen LogP contribution is 2.15. The molecule has 0 radical (unpaired) electrons. The third kappa shape index (κ3) is 2.30. The molecule has 0 saturated carbocycles. The van der Waals surface area contributed by atoms with Crippen LogP contribution in [0.4, 0.5) is 0 Å². The number of thiazole rings is 1. The van der Waals surface area contributed by atoms with Crippen molar-refractivity contribution in [3.63, 3.8) is 0 Å². The van der Waals surface area contributed by atoms with Crippen molar-refractivity contribution in [2.75, 3.05) is 6.54 Å². The van der Waals surface area contributed by atoms with E-state index in [1.165, 1.54) is 11.3 Å². The molecule has 0 bridgehead atoms. The second kappa shape index (κ2) is 4.06. The highest BCUT2D eigenvalue weighted by atomic mass is 32.1. The first-order chi connectivity index (χ1) is 6.15. The monoisotopic (exact) mass is 194 g/mol. The van der Waals surface area contributed by atoms with Crippen molar-refractivity contribution in [2.24, 2.45) is 0 Å². The van der Waals surface area contributed by atoms with Gasteiger partial charge in [0.05, 0.1) is 12.2 Å². The van der Waals surface area contributed by atoms with Crippen LogP contribution in [0.1, 0.15) is 20.4 Å². The van der Waals surface area contributed by atoms with Gasteiger partial charge in [0.1, 0.15) is 0 Å². The van der Waals surface area contributed by atoms with Gasteiger partial charge in [-0.2, -0.15) is 0 Å². The molecule has 1 N–H and O–H groups in total. The Kier molecular flexibility index (Phi) is 3.04. The van der Waals surface area contributed by atoms with Crippen LogP contribution in [0.2, 0.25) is 0 Å². The number of nitrogens with one attached hydrogen (secondary N) is 1. The molecule has 0 aromatic carbocycles. The van der Waals surface area contributed by atoms with Gasteiger partial charge < -0.3 is 5.32 Å². The molecule has 0 spiro atoms. The highest BCUT2D eigenvalue weighted by molar-refractivity contribution is 7.13. The van der Waals surface area contributed by atoms with Crippen molar-refractivity contribution in [3.05, 3.63) is 15.6 Å². The van der Waals surface area contributed by atoms with Gasteiger partial charge in [0.15, 0.2) is 5.01 Å². The second-order valence-electron chi connectivity index (χ2n) is 2.55. The van der Waals surface area contributed by atoms with Crippen LogP contribution in [0, 0.1) is 26.2 Å². The van der Waals surface area contributed by atoms with E-state index >= 15 is 0 Å². The SMILES string of the molecule is C#CCNC(=O)c1nc(C)c(C)s1. The van der Waals surface area contributed by atoms with Gasteiger partial charge in [0, 0.05) is 4.88 Å². The van der Waals surface area contributed by atoms with Crippen LogP contribution in [-0.4, -0.2) is 17.4 Å². The summed E-state index contributed by atoms with van der Waals surface area (Å²) in [7, 11) is 0. The largest absolute Gasteiger partial charge is 0.339 e. The lowest BCUT2D eigenvalue weighted by molar-refractivity contribution is 0.0958. The van der Waals surface area contributed by atoms with E-state index in [-0.39, 0.29) is 12.5 Å². The van der Waals surface area contributed by atoms with E-state index in [9.17, 15) is 4.79 Å². The van der Waals surface area contributed by atoms with E-state index in [1.807, 2.05) is 13.8 Å². The Morgan fingerprint density at radius 1 is 1.69 bits per heavy atom. The van der Waals surface area contributed by atoms with Gasteiger partial charge in [0.2, 0.25) is 0 Å². The van der Waals surface area contributed by atoms with Crippen LogP contribution >= 0.6 is 11.3 Å². The first kappa shape index (κ1) is 9.75. The number of aromatic nitrogens is 1. The molecule has 0 fully saturated rings. The molecule has 1 aromatic rings. The zero-order valence-electron chi connectivity index (χ0n) is 7.55. The first-order valence-corrected chi connectivity index (χ1v) is 4.62. The fraction of sp³-hybridized carbons (Fsp3) is 0.333. The number of amides is 1. The van der Waals surface area contributed by atoms with E-state index in [0.717, 1.165) is 10.6 Å². The Balaban J connectivity index is 2.73. The topological polar surface area (TPSA) is 42.0 Å². The lowest BCUT2D eigenvalue weighted by Crippen LogP contribution is -2.23. The molecule has 3 nitrogen and oxygen atoms in total. The smallest absolute Gasteiger partial charge is 0.281 e. The van der Waals surface area contributed by atoms with Gasteiger partial charge in [-0.05, 0) is 13.8 Å². The summed E-state index contributed by atoms with van der Waals surface area (Å²) < 4.78 is 0. The van der Waals surface area contributed by atoms with Crippen molar-refractivity contribution in [1.82, 2.24) is 10.3 Å². The number of carbonyl (C=O) groups excluding carboxylic acids is 1. The lowest BCUT2D eigenvalue weighted by atomic mass is 10.4. The minimum Gasteiger partial charge on any atom is -0.339 e. The number of terminal acetylenes is 1. The quantitative estimate of drug-likeness (QED) is 0.717. The summed E-state index contributed by atoms with van der Waals surface area (Å²) in [5.41, 5.74) is 0.899. The number of rotatable bonds is 2. The molecule has 1 rings (SSSR count). The predicted molar refractivity (Wildman–Crippen MR) is 52.8 cm³/mol. The molecule has 1 amide bonds. The van der Waals surface area contributed by atoms with Crippen LogP contribution in [-0.2, 0) is 0 Å². The third-order valence-electron chi connectivity index (χ3n) is 1.57. The maximum Gasteiger partial charge on any atom is 0.281 e. The zero-order valence-corrected chi connectivity index (χ0v) is 8.36. The Bertz CT molecular complexity index is 343. The Hall–Kier alpha value is -1.34. The molecule has 0 unspecified atom stereocenters. The number of aryl methyl sites for hydroxylation is 2. The van der Waals surface area contributed by atoms with E-state index < -0.39 is 0 Å². The molecule has 0 saturated heterocycles. The number of carbonyl (C=O) groups is 1. The molecule has 68 valence electrons. The van der Waals surface area contributed by atoms with E-state index in [4.69, 9.17) is 6.42 Å². The minimum atomic E-state index is -0.195. The van der Waals surface area contributed by atoms with Crippen LogP contribution < -0.4 is 5.32 Å². The van der Waals surface area contributed by atoms with Gasteiger partial charge in [-0.15, -0.1) is 17.8 Å². The van der Waals surface area contributed by atoms with E-state index in [2.05, 4.69) is 16.2 Å². The minimum absolute atomic E-state index is 0.195. The standard InChI is InChI=1S/C9H10N2OS/c1-4-5-10-8(12)9-11-6(2)7(3)13-9/h1H,5H2,2-3H3,(H,10,12). The summed E-state index contributed by atoms with van der Waals surface area (Å²) in [6.45, 7) is 4.06. The maximum atomic E-state index is 11.3. The fourth-order valence-corrected chi connectivity index (χ4v) is 1.61. The summed E-state index contributed by atoms with van der Waals surface area (Å²) in [4.78, 5) is 16.5. The van der Waals surface area contributed by atoms with Gasteiger partial charge in [-0.25, -0.2) is 4.98 Å². The molecule has 1 aromatic heterocycles. The molecule has 13 heavy (non-hydrogen) atoms. The Labute approximate surface area is 81.2 Å². The van der Waals surface area contributed by atoms with Crippen molar-refractivity contribution in [3.8, 4) is 12.3 Å². The van der Waals surface area contributed by atoms with Gasteiger partial charge in [-0.3, -0.25) is 4.79 Å². The van der Waals surface area contributed by atoms with Gasteiger partial charge in [0.25, 0.3) is 5.91 Å². The van der Waals surface area contributed by atoms with Gasteiger partial charge >= 0.3 is 0 Å². The Morgan fingerprint density at radius 2 is 2.38 bits per heavy atom. The summed E-state index contributed by atoms with van der Waals surface area (Å²) in [6.07, 6.45) is 5.01. The average molecular weight is 194 g/mol. The summed E-state index contributed by atoms with van der Waals surface area (Å²) in [5, 5.41) is 3.04. The lowest BCUT2D eigenvalue weighted by Gasteiger charge is -1.94. The molecule has 0 atom stereocenters. The van der Waals surface area contributed by atoms with Crippen molar-refractivity contribution in [1.29, 1.82) is 0 Å².